The lowest BCUT2D eigenvalue weighted by Crippen LogP contribution is -2.50. The number of nitrogens with two attached hydrogens (primary N) is 1. The Morgan fingerprint density at radius 1 is 1.47 bits per heavy atom. The number of anilines is 1. The third-order valence-corrected chi connectivity index (χ3v) is 3.20. The number of rotatable bonds is 6. The van der Waals surface area contributed by atoms with Gasteiger partial charge in [0.05, 0.1) is 0 Å². The molecule has 1 aromatic rings. The summed E-state index contributed by atoms with van der Waals surface area (Å²) in [4.78, 5) is 11.7. The van der Waals surface area contributed by atoms with E-state index in [1.54, 1.807) is 12.1 Å². The zero-order valence-electron chi connectivity index (χ0n) is 10.3. The van der Waals surface area contributed by atoms with Crippen LogP contribution in [0.2, 0.25) is 5.02 Å². The average Bonchev–Trinajstić information content (AvgIpc) is 2.28. The summed E-state index contributed by atoms with van der Waals surface area (Å²) >= 11 is 5.92. The van der Waals surface area contributed by atoms with E-state index in [2.05, 4.69) is 5.32 Å². The van der Waals surface area contributed by atoms with Crippen LogP contribution in [-0.4, -0.2) is 11.4 Å². The molecule has 0 saturated heterocycles. The molecule has 0 saturated carbocycles. The Hall–Kier alpha value is -1.22. The van der Waals surface area contributed by atoms with E-state index < -0.39 is 5.54 Å². The smallest absolute Gasteiger partial charge is 0.243 e. The lowest BCUT2D eigenvalue weighted by atomic mass is 9.89. The molecule has 1 aromatic carbocycles. The number of benzene rings is 1. The fraction of sp³-hybridized carbons (Fsp3) is 0.462. The van der Waals surface area contributed by atoms with Crippen molar-refractivity contribution in [3.63, 3.8) is 0 Å². The second kappa shape index (κ2) is 5.92. The predicted molar refractivity (Wildman–Crippen MR) is 72.2 cm³/mol. The molecule has 3 N–H and O–H groups in total. The maximum atomic E-state index is 11.7. The van der Waals surface area contributed by atoms with Crippen LogP contribution in [0.3, 0.4) is 0 Å². The van der Waals surface area contributed by atoms with Gasteiger partial charge in [-0.05, 0) is 31.0 Å². The van der Waals surface area contributed by atoms with Gasteiger partial charge in [0.1, 0.15) is 5.54 Å². The van der Waals surface area contributed by atoms with E-state index in [-0.39, 0.29) is 5.91 Å². The van der Waals surface area contributed by atoms with Crippen molar-refractivity contribution in [3.05, 3.63) is 29.3 Å². The molecular formula is C13H19ClN2O. The van der Waals surface area contributed by atoms with Gasteiger partial charge >= 0.3 is 0 Å². The zero-order valence-corrected chi connectivity index (χ0v) is 11.1. The molecule has 0 aliphatic carbocycles. The molecule has 0 fully saturated rings. The van der Waals surface area contributed by atoms with E-state index in [1.807, 2.05) is 26.0 Å². The number of primary amides is 1. The molecule has 0 aliphatic heterocycles. The summed E-state index contributed by atoms with van der Waals surface area (Å²) in [6, 6.07) is 7.32. The highest BCUT2D eigenvalue weighted by Gasteiger charge is 2.33. The molecule has 3 nitrogen and oxygen atoms in total. The van der Waals surface area contributed by atoms with Gasteiger partial charge in [-0.25, -0.2) is 0 Å². The molecule has 1 unspecified atom stereocenters. The summed E-state index contributed by atoms with van der Waals surface area (Å²) < 4.78 is 0. The normalized spacial score (nSPS) is 14.1. The van der Waals surface area contributed by atoms with Crippen molar-refractivity contribution in [2.24, 2.45) is 5.73 Å². The summed E-state index contributed by atoms with van der Waals surface area (Å²) in [5.41, 5.74) is 5.66. The fourth-order valence-electron chi connectivity index (χ4n) is 1.96. The topological polar surface area (TPSA) is 55.1 Å². The van der Waals surface area contributed by atoms with Crippen molar-refractivity contribution >= 4 is 23.2 Å². The Kier molecular flexibility index (Phi) is 4.82. The van der Waals surface area contributed by atoms with Crippen LogP contribution >= 0.6 is 11.6 Å². The number of hydrogen-bond acceptors (Lipinski definition) is 2. The molecule has 0 bridgehead atoms. The monoisotopic (exact) mass is 254 g/mol. The van der Waals surface area contributed by atoms with Gasteiger partial charge in [-0.1, -0.05) is 37.9 Å². The Morgan fingerprint density at radius 3 is 2.65 bits per heavy atom. The van der Waals surface area contributed by atoms with Crippen LogP contribution in [0.5, 0.6) is 0 Å². The second-order valence-electron chi connectivity index (χ2n) is 4.19. The van der Waals surface area contributed by atoms with Gasteiger partial charge < -0.3 is 11.1 Å². The second-order valence-corrected chi connectivity index (χ2v) is 4.62. The minimum atomic E-state index is -0.681. The third kappa shape index (κ3) is 3.37. The number of carbonyl (C=O) groups excluding carboxylic acids is 1. The van der Waals surface area contributed by atoms with Crippen molar-refractivity contribution in [1.29, 1.82) is 0 Å². The average molecular weight is 255 g/mol. The molecule has 1 rings (SSSR count). The van der Waals surface area contributed by atoms with Gasteiger partial charge in [0.15, 0.2) is 0 Å². The van der Waals surface area contributed by atoms with Crippen molar-refractivity contribution < 1.29 is 4.79 Å². The fourth-order valence-corrected chi connectivity index (χ4v) is 2.15. The molecule has 0 spiro atoms. The summed E-state index contributed by atoms with van der Waals surface area (Å²) in [5, 5.41) is 3.86. The van der Waals surface area contributed by atoms with Crippen molar-refractivity contribution in [2.75, 3.05) is 5.32 Å². The minimum Gasteiger partial charge on any atom is -0.371 e. The minimum absolute atomic E-state index is 0.318. The van der Waals surface area contributed by atoms with Crippen LogP contribution in [0.1, 0.15) is 33.1 Å². The summed E-state index contributed by atoms with van der Waals surface area (Å²) in [6.07, 6.45) is 2.26. The van der Waals surface area contributed by atoms with E-state index in [0.29, 0.717) is 17.9 Å². The Bertz CT molecular complexity index is 395. The summed E-state index contributed by atoms with van der Waals surface area (Å²) in [6.45, 7) is 3.99. The number of nitrogens with one attached hydrogen (secondary N) is 1. The molecule has 1 atom stereocenters. The Balaban J connectivity index is 2.96. The van der Waals surface area contributed by atoms with E-state index in [0.717, 1.165) is 12.1 Å². The van der Waals surface area contributed by atoms with E-state index >= 15 is 0 Å². The largest absolute Gasteiger partial charge is 0.371 e. The maximum Gasteiger partial charge on any atom is 0.243 e. The van der Waals surface area contributed by atoms with Crippen LogP contribution in [-0.2, 0) is 4.79 Å². The molecule has 0 aliphatic rings. The van der Waals surface area contributed by atoms with Crippen LogP contribution < -0.4 is 11.1 Å². The van der Waals surface area contributed by atoms with Gasteiger partial charge in [0.25, 0.3) is 0 Å². The molecule has 94 valence electrons. The van der Waals surface area contributed by atoms with Gasteiger partial charge in [0, 0.05) is 10.7 Å². The lowest BCUT2D eigenvalue weighted by molar-refractivity contribution is -0.122. The zero-order chi connectivity index (χ0) is 12.9. The number of amides is 1. The van der Waals surface area contributed by atoms with E-state index in [4.69, 9.17) is 17.3 Å². The molecule has 0 radical (unpaired) electrons. The molecule has 0 aromatic heterocycles. The highest BCUT2D eigenvalue weighted by atomic mass is 35.5. The third-order valence-electron chi connectivity index (χ3n) is 2.96. The highest BCUT2D eigenvalue weighted by Crippen LogP contribution is 2.25. The lowest BCUT2D eigenvalue weighted by Gasteiger charge is -2.31. The first-order chi connectivity index (χ1) is 8.04. The molecule has 0 heterocycles. The van der Waals surface area contributed by atoms with E-state index in [9.17, 15) is 4.79 Å². The molecule has 4 heteroatoms. The number of carbonyl (C=O) groups is 1. The van der Waals surface area contributed by atoms with Gasteiger partial charge in [-0.3, -0.25) is 4.79 Å². The predicted octanol–water partition coefficient (Wildman–Crippen LogP) is 3.19. The van der Waals surface area contributed by atoms with Crippen molar-refractivity contribution in [2.45, 2.75) is 38.6 Å². The SMILES string of the molecule is CCCC(CC)(Nc1cccc(Cl)c1)C(N)=O. The first-order valence-electron chi connectivity index (χ1n) is 5.87. The van der Waals surface area contributed by atoms with Crippen LogP contribution in [0.4, 0.5) is 5.69 Å². The van der Waals surface area contributed by atoms with Crippen LogP contribution in [0.25, 0.3) is 0 Å². The first kappa shape index (κ1) is 13.8. The highest BCUT2D eigenvalue weighted by molar-refractivity contribution is 6.30. The maximum absolute atomic E-state index is 11.7. The van der Waals surface area contributed by atoms with Crippen molar-refractivity contribution in [3.8, 4) is 0 Å². The quantitative estimate of drug-likeness (QED) is 0.819. The van der Waals surface area contributed by atoms with Gasteiger partial charge in [-0.15, -0.1) is 0 Å². The summed E-state index contributed by atoms with van der Waals surface area (Å²) in [7, 11) is 0. The Morgan fingerprint density at radius 2 is 2.18 bits per heavy atom. The number of halogens is 1. The van der Waals surface area contributed by atoms with Crippen LogP contribution in [0, 0.1) is 0 Å². The first-order valence-corrected chi connectivity index (χ1v) is 6.25. The van der Waals surface area contributed by atoms with Gasteiger partial charge in [-0.2, -0.15) is 0 Å². The molecular weight excluding hydrogens is 236 g/mol. The van der Waals surface area contributed by atoms with Crippen LogP contribution in [0.15, 0.2) is 24.3 Å². The van der Waals surface area contributed by atoms with Crippen molar-refractivity contribution in [1.82, 2.24) is 0 Å². The molecule has 1 amide bonds. The summed E-state index contributed by atoms with van der Waals surface area (Å²) in [5.74, 6) is -0.318. The Labute approximate surface area is 107 Å². The standard InChI is InChI=1S/C13H19ClN2O/c1-3-8-13(4-2,12(15)17)16-11-7-5-6-10(14)9-11/h5-7,9,16H,3-4,8H2,1-2H3,(H2,15,17). The van der Waals surface area contributed by atoms with Gasteiger partial charge in [0.2, 0.25) is 5.91 Å². The molecule has 17 heavy (non-hydrogen) atoms. The number of hydrogen-bond donors (Lipinski definition) is 2. The van der Waals surface area contributed by atoms with E-state index in [1.165, 1.54) is 0 Å².